The van der Waals surface area contributed by atoms with E-state index in [4.69, 9.17) is 4.42 Å². The molecule has 0 unspecified atom stereocenters. The third-order valence-electron chi connectivity index (χ3n) is 5.44. The zero-order chi connectivity index (χ0) is 24.8. The second kappa shape index (κ2) is 10.7. The summed E-state index contributed by atoms with van der Waals surface area (Å²) in [7, 11) is 0. The molecule has 1 N–H and O–H groups in total. The minimum absolute atomic E-state index is 0.0414. The Morgan fingerprint density at radius 1 is 0.943 bits per heavy atom. The summed E-state index contributed by atoms with van der Waals surface area (Å²) < 4.78 is 7.47. The van der Waals surface area contributed by atoms with Gasteiger partial charge in [0.1, 0.15) is 5.76 Å². The number of hydrogen-bond donors (Lipinski definition) is 1. The van der Waals surface area contributed by atoms with Crippen LogP contribution in [0.25, 0.3) is 11.4 Å². The predicted octanol–water partition coefficient (Wildman–Crippen LogP) is 4.86. The van der Waals surface area contributed by atoms with Crippen molar-refractivity contribution in [2.45, 2.75) is 44.3 Å². The Morgan fingerprint density at radius 2 is 1.69 bits per heavy atom. The van der Waals surface area contributed by atoms with E-state index in [1.54, 1.807) is 6.26 Å². The fourth-order valence-corrected chi connectivity index (χ4v) is 4.31. The van der Waals surface area contributed by atoms with Crippen molar-refractivity contribution >= 4 is 23.6 Å². The van der Waals surface area contributed by atoms with Gasteiger partial charge in [-0.25, -0.2) is 0 Å². The standard InChI is InChI=1S/C27H28N4O3S/c1-27(2,3)21-13-11-20(12-14-21)25-29-30-26(31(25)17-22-10-7-15-34-22)35-18-24(33)28-23(32)16-19-8-5-4-6-9-19/h4-15H,16-18H2,1-3H3,(H,28,32,33). The summed E-state index contributed by atoms with van der Waals surface area (Å²) >= 11 is 1.23. The minimum Gasteiger partial charge on any atom is -0.467 e. The van der Waals surface area contributed by atoms with Gasteiger partial charge in [-0.15, -0.1) is 10.2 Å². The molecule has 2 heterocycles. The third kappa shape index (κ3) is 6.48. The summed E-state index contributed by atoms with van der Waals surface area (Å²) in [4.78, 5) is 24.6. The maximum absolute atomic E-state index is 12.4. The molecule has 0 saturated carbocycles. The number of nitrogens with one attached hydrogen (secondary N) is 1. The van der Waals surface area contributed by atoms with Crippen LogP contribution in [0.3, 0.4) is 0 Å². The summed E-state index contributed by atoms with van der Waals surface area (Å²) in [6, 6.07) is 21.3. The lowest BCUT2D eigenvalue weighted by Crippen LogP contribution is -2.33. The van der Waals surface area contributed by atoms with Crippen LogP contribution in [-0.2, 0) is 28.0 Å². The summed E-state index contributed by atoms with van der Waals surface area (Å²) in [6.07, 6.45) is 1.77. The van der Waals surface area contributed by atoms with Gasteiger partial charge in [0.15, 0.2) is 11.0 Å². The lowest BCUT2D eigenvalue weighted by Gasteiger charge is -2.19. The van der Waals surface area contributed by atoms with E-state index in [1.807, 2.05) is 59.2 Å². The number of hydrogen-bond acceptors (Lipinski definition) is 6. The van der Waals surface area contributed by atoms with E-state index >= 15 is 0 Å². The average Bonchev–Trinajstić information content (AvgIpc) is 3.48. The van der Waals surface area contributed by atoms with Crippen LogP contribution in [0.5, 0.6) is 0 Å². The maximum Gasteiger partial charge on any atom is 0.237 e. The molecular weight excluding hydrogens is 460 g/mol. The molecule has 0 bridgehead atoms. The lowest BCUT2D eigenvalue weighted by molar-refractivity contribution is -0.128. The Kier molecular flexibility index (Phi) is 7.51. The largest absolute Gasteiger partial charge is 0.467 e. The average molecular weight is 489 g/mol. The van der Waals surface area contributed by atoms with Gasteiger partial charge >= 0.3 is 0 Å². The summed E-state index contributed by atoms with van der Waals surface area (Å²) in [5.41, 5.74) is 3.05. The highest BCUT2D eigenvalue weighted by Gasteiger charge is 2.19. The van der Waals surface area contributed by atoms with Crippen LogP contribution in [0.1, 0.15) is 37.7 Å². The van der Waals surface area contributed by atoms with Gasteiger partial charge in [0.2, 0.25) is 11.8 Å². The van der Waals surface area contributed by atoms with Gasteiger partial charge in [0, 0.05) is 5.56 Å². The van der Waals surface area contributed by atoms with Crippen molar-refractivity contribution in [3.05, 3.63) is 89.9 Å². The molecule has 0 aliphatic heterocycles. The molecule has 0 radical (unpaired) electrons. The Hall–Kier alpha value is -3.65. The predicted molar refractivity (Wildman–Crippen MR) is 136 cm³/mol. The van der Waals surface area contributed by atoms with E-state index in [1.165, 1.54) is 17.3 Å². The lowest BCUT2D eigenvalue weighted by atomic mass is 9.87. The van der Waals surface area contributed by atoms with Crippen molar-refractivity contribution < 1.29 is 14.0 Å². The van der Waals surface area contributed by atoms with Crippen LogP contribution in [0.2, 0.25) is 0 Å². The number of carbonyl (C=O) groups excluding carboxylic acids is 2. The normalized spacial score (nSPS) is 11.4. The SMILES string of the molecule is CC(C)(C)c1ccc(-c2nnc(SCC(=O)NC(=O)Cc3ccccc3)n2Cc2ccco2)cc1. The van der Waals surface area contributed by atoms with Crippen molar-refractivity contribution in [3.8, 4) is 11.4 Å². The fourth-order valence-electron chi connectivity index (χ4n) is 3.58. The van der Waals surface area contributed by atoms with E-state index in [-0.39, 0.29) is 29.4 Å². The first-order chi connectivity index (χ1) is 16.8. The summed E-state index contributed by atoms with van der Waals surface area (Å²) in [6.45, 7) is 6.94. The highest BCUT2D eigenvalue weighted by atomic mass is 32.2. The topological polar surface area (TPSA) is 90.0 Å². The van der Waals surface area contributed by atoms with Gasteiger partial charge in [-0.05, 0) is 28.7 Å². The molecule has 0 saturated heterocycles. The van der Waals surface area contributed by atoms with E-state index in [0.29, 0.717) is 17.5 Å². The second-order valence-corrected chi connectivity index (χ2v) is 10.2. The Labute approximate surface area is 209 Å². The Bertz CT molecular complexity index is 1270. The maximum atomic E-state index is 12.4. The molecule has 2 aromatic carbocycles. The molecule has 180 valence electrons. The number of thioether (sulfide) groups is 1. The third-order valence-corrected chi connectivity index (χ3v) is 6.41. The molecular formula is C27H28N4O3S. The first-order valence-electron chi connectivity index (χ1n) is 11.4. The van der Waals surface area contributed by atoms with Gasteiger partial charge < -0.3 is 4.42 Å². The molecule has 8 heteroatoms. The number of nitrogens with zero attached hydrogens (tertiary/aromatic N) is 3. The molecule has 4 rings (SSSR count). The van der Waals surface area contributed by atoms with Crippen molar-refractivity contribution in [3.63, 3.8) is 0 Å². The number of benzene rings is 2. The van der Waals surface area contributed by atoms with E-state index in [2.05, 4.69) is 48.4 Å². The zero-order valence-corrected chi connectivity index (χ0v) is 20.8. The van der Waals surface area contributed by atoms with Crippen molar-refractivity contribution in [2.75, 3.05) is 5.75 Å². The van der Waals surface area contributed by atoms with Crippen LogP contribution in [0.15, 0.2) is 82.6 Å². The van der Waals surface area contributed by atoms with Crippen molar-refractivity contribution in [2.24, 2.45) is 0 Å². The van der Waals surface area contributed by atoms with E-state index in [0.717, 1.165) is 16.9 Å². The zero-order valence-electron chi connectivity index (χ0n) is 20.0. The number of carbonyl (C=O) groups is 2. The molecule has 4 aromatic rings. The first kappa shape index (κ1) is 24.5. The van der Waals surface area contributed by atoms with E-state index < -0.39 is 0 Å². The van der Waals surface area contributed by atoms with Gasteiger partial charge in [0.25, 0.3) is 0 Å². The molecule has 35 heavy (non-hydrogen) atoms. The number of aromatic nitrogens is 3. The molecule has 0 spiro atoms. The Balaban J connectivity index is 1.47. The quantitative estimate of drug-likeness (QED) is 0.356. The highest BCUT2D eigenvalue weighted by Crippen LogP contribution is 2.28. The van der Waals surface area contributed by atoms with Gasteiger partial charge in [-0.3, -0.25) is 19.5 Å². The van der Waals surface area contributed by atoms with Crippen molar-refractivity contribution in [1.29, 1.82) is 0 Å². The monoisotopic (exact) mass is 488 g/mol. The first-order valence-corrected chi connectivity index (χ1v) is 12.3. The second-order valence-electron chi connectivity index (χ2n) is 9.22. The number of rotatable bonds is 8. The molecule has 0 fully saturated rings. The number of imide groups is 1. The molecule has 2 aromatic heterocycles. The molecule has 0 aliphatic carbocycles. The summed E-state index contributed by atoms with van der Waals surface area (Å²) in [5.74, 6) is 0.768. The van der Waals surface area contributed by atoms with Crippen LogP contribution < -0.4 is 5.32 Å². The molecule has 7 nitrogen and oxygen atoms in total. The summed E-state index contributed by atoms with van der Waals surface area (Å²) in [5, 5.41) is 11.8. The minimum atomic E-state index is -0.375. The molecule has 0 atom stereocenters. The van der Waals surface area contributed by atoms with Crippen LogP contribution >= 0.6 is 11.8 Å². The van der Waals surface area contributed by atoms with Gasteiger partial charge in [-0.2, -0.15) is 0 Å². The van der Waals surface area contributed by atoms with Crippen LogP contribution in [-0.4, -0.2) is 32.3 Å². The van der Waals surface area contributed by atoms with Crippen molar-refractivity contribution in [1.82, 2.24) is 20.1 Å². The number of furan rings is 1. The van der Waals surface area contributed by atoms with Gasteiger partial charge in [0.05, 0.1) is 25.0 Å². The number of amides is 2. The Morgan fingerprint density at radius 3 is 2.34 bits per heavy atom. The fraction of sp³-hybridized carbons (Fsp3) is 0.259. The van der Waals surface area contributed by atoms with Gasteiger partial charge in [-0.1, -0.05) is 87.1 Å². The molecule has 0 aliphatic rings. The van der Waals surface area contributed by atoms with E-state index in [9.17, 15) is 9.59 Å². The smallest absolute Gasteiger partial charge is 0.237 e. The van der Waals surface area contributed by atoms with Crippen LogP contribution in [0, 0.1) is 0 Å². The molecule has 2 amide bonds. The highest BCUT2D eigenvalue weighted by molar-refractivity contribution is 7.99. The van der Waals surface area contributed by atoms with Crippen LogP contribution in [0.4, 0.5) is 0 Å².